The first-order valence-electron chi connectivity index (χ1n) is 5.58. The summed E-state index contributed by atoms with van der Waals surface area (Å²) in [5.74, 6) is -0.178. The van der Waals surface area contributed by atoms with Gasteiger partial charge in [0.2, 0.25) is 0 Å². The van der Waals surface area contributed by atoms with Gasteiger partial charge in [0.05, 0.1) is 35.2 Å². The molecule has 0 aliphatic rings. The van der Waals surface area contributed by atoms with Gasteiger partial charge < -0.3 is 5.32 Å². The molecule has 2 aromatic rings. The SMILES string of the molecule is CCn1ncc(Cl)c1CNC(=O)c1cnn(C)c1. The molecule has 6 nitrogen and oxygen atoms in total. The minimum absolute atomic E-state index is 0.178. The molecule has 1 N–H and O–H groups in total. The predicted molar refractivity (Wildman–Crippen MR) is 67.3 cm³/mol. The molecule has 0 unspecified atom stereocenters. The number of rotatable bonds is 4. The highest BCUT2D eigenvalue weighted by Gasteiger charge is 2.11. The van der Waals surface area contributed by atoms with Gasteiger partial charge in [-0.3, -0.25) is 14.2 Å². The van der Waals surface area contributed by atoms with E-state index >= 15 is 0 Å². The van der Waals surface area contributed by atoms with Crippen molar-refractivity contribution < 1.29 is 4.79 Å². The fourth-order valence-corrected chi connectivity index (χ4v) is 1.85. The summed E-state index contributed by atoms with van der Waals surface area (Å²) >= 11 is 6.01. The van der Waals surface area contributed by atoms with E-state index in [1.54, 1.807) is 28.8 Å². The topological polar surface area (TPSA) is 64.7 Å². The van der Waals surface area contributed by atoms with Crippen LogP contribution in [0.25, 0.3) is 0 Å². The van der Waals surface area contributed by atoms with Crippen LogP contribution in [0.5, 0.6) is 0 Å². The van der Waals surface area contributed by atoms with Gasteiger partial charge in [0.1, 0.15) is 0 Å². The number of halogens is 1. The van der Waals surface area contributed by atoms with Gasteiger partial charge in [0, 0.05) is 19.8 Å². The molecule has 7 heteroatoms. The summed E-state index contributed by atoms with van der Waals surface area (Å²) in [5.41, 5.74) is 1.33. The van der Waals surface area contributed by atoms with Crippen LogP contribution in [0.3, 0.4) is 0 Å². The van der Waals surface area contributed by atoms with Crippen LogP contribution in [0.2, 0.25) is 5.02 Å². The Morgan fingerprint density at radius 3 is 2.83 bits per heavy atom. The lowest BCUT2D eigenvalue weighted by atomic mass is 10.3. The van der Waals surface area contributed by atoms with Gasteiger partial charge in [-0.1, -0.05) is 11.6 Å². The Morgan fingerprint density at radius 1 is 1.44 bits per heavy atom. The van der Waals surface area contributed by atoms with Gasteiger partial charge in [0.25, 0.3) is 5.91 Å². The summed E-state index contributed by atoms with van der Waals surface area (Å²) < 4.78 is 3.34. The molecule has 2 aromatic heterocycles. The highest BCUT2D eigenvalue weighted by molar-refractivity contribution is 6.31. The average Bonchev–Trinajstić information content (AvgIpc) is 2.93. The summed E-state index contributed by atoms with van der Waals surface area (Å²) in [7, 11) is 1.76. The van der Waals surface area contributed by atoms with Crippen LogP contribution in [-0.4, -0.2) is 25.5 Å². The molecule has 0 aliphatic heterocycles. The smallest absolute Gasteiger partial charge is 0.254 e. The summed E-state index contributed by atoms with van der Waals surface area (Å²) in [5, 5.41) is 11.4. The number of aryl methyl sites for hydroxylation is 2. The Hall–Kier alpha value is -1.82. The van der Waals surface area contributed by atoms with E-state index in [9.17, 15) is 4.79 Å². The first-order chi connectivity index (χ1) is 8.61. The van der Waals surface area contributed by atoms with E-state index in [1.807, 2.05) is 6.92 Å². The molecule has 0 bridgehead atoms. The van der Waals surface area contributed by atoms with E-state index in [-0.39, 0.29) is 5.91 Å². The van der Waals surface area contributed by atoms with Gasteiger partial charge in [-0.25, -0.2) is 0 Å². The lowest BCUT2D eigenvalue weighted by molar-refractivity contribution is 0.0950. The van der Waals surface area contributed by atoms with Gasteiger partial charge >= 0.3 is 0 Å². The van der Waals surface area contributed by atoms with Gasteiger partial charge in [-0.2, -0.15) is 10.2 Å². The van der Waals surface area contributed by atoms with Gasteiger partial charge in [-0.15, -0.1) is 0 Å². The number of aromatic nitrogens is 4. The summed E-state index contributed by atoms with van der Waals surface area (Å²) in [4.78, 5) is 11.8. The quantitative estimate of drug-likeness (QED) is 0.906. The zero-order valence-electron chi connectivity index (χ0n) is 10.2. The highest BCUT2D eigenvalue weighted by atomic mass is 35.5. The number of hydrogen-bond donors (Lipinski definition) is 1. The number of carbonyl (C=O) groups is 1. The molecule has 96 valence electrons. The molecule has 2 heterocycles. The van der Waals surface area contributed by atoms with E-state index in [0.717, 1.165) is 5.69 Å². The molecule has 18 heavy (non-hydrogen) atoms. The number of nitrogens with one attached hydrogen (secondary N) is 1. The lowest BCUT2D eigenvalue weighted by Gasteiger charge is -2.06. The van der Waals surface area contributed by atoms with Gasteiger partial charge in [-0.05, 0) is 6.92 Å². The second-order valence-corrected chi connectivity index (χ2v) is 4.25. The van der Waals surface area contributed by atoms with E-state index in [0.29, 0.717) is 23.7 Å². The van der Waals surface area contributed by atoms with Crippen LogP contribution in [-0.2, 0) is 20.1 Å². The molecule has 0 spiro atoms. The minimum Gasteiger partial charge on any atom is -0.346 e. The van der Waals surface area contributed by atoms with E-state index in [2.05, 4.69) is 15.5 Å². The normalized spacial score (nSPS) is 10.6. The number of hydrogen-bond acceptors (Lipinski definition) is 3. The van der Waals surface area contributed by atoms with Crippen molar-refractivity contribution in [1.29, 1.82) is 0 Å². The van der Waals surface area contributed by atoms with E-state index in [1.165, 1.54) is 6.20 Å². The molecule has 0 atom stereocenters. The zero-order valence-corrected chi connectivity index (χ0v) is 11.0. The number of carbonyl (C=O) groups excluding carboxylic acids is 1. The average molecular weight is 268 g/mol. The summed E-state index contributed by atoms with van der Waals surface area (Å²) in [6.07, 6.45) is 4.76. The number of amides is 1. The minimum atomic E-state index is -0.178. The fraction of sp³-hybridized carbons (Fsp3) is 0.364. The zero-order chi connectivity index (χ0) is 13.1. The van der Waals surface area contributed by atoms with E-state index in [4.69, 9.17) is 11.6 Å². The molecule has 2 rings (SSSR count). The third kappa shape index (κ3) is 2.53. The molecule has 0 fully saturated rings. The van der Waals surface area contributed by atoms with Crippen molar-refractivity contribution in [3.8, 4) is 0 Å². The maximum atomic E-state index is 11.8. The van der Waals surface area contributed by atoms with Crippen LogP contribution in [0.4, 0.5) is 0 Å². The molecule has 1 amide bonds. The molecular formula is C11H14ClN5O. The Morgan fingerprint density at radius 2 is 2.22 bits per heavy atom. The third-order valence-electron chi connectivity index (χ3n) is 2.58. The van der Waals surface area contributed by atoms with Crippen LogP contribution in [0, 0.1) is 0 Å². The van der Waals surface area contributed by atoms with Crippen molar-refractivity contribution >= 4 is 17.5 Å². The van der Waals surface area contributed by atoms with Gasteiger partial charge in [0.15, 0.2) is 0 Å². The van der Waals surface area contributed by atoms with Crippen LogP contribution in [0.1, 0.15) is 23.0 Å². The lowest BCUT2D eigenvalue weighted by Crippen LogP contribution is -2.24. The molecule has 0 radical (unpaired) electrons. The molecule has 0 aliphatic carbocycles. The van der Waals surface area contributed by atoms with Crippen molar-refractivity contribution in [3.05, 3.63) is 34.9 Å². The summed E-state index contributed by atoms with van der Waals surface area (Å²) in [6.45, 7) is 3.03. The third-order valence-corrected chi connectivity index (χ3v) is 2.90. The number of nitrogens with zero attached hydrogens (tertiary/aromatic N) is 4. The van der Waals surface area contributed by atoms with Crippen LogP contribution >= 0.6 is 11.6 Å². The largest absolute Gasteiger partial charge is 0.346 e. The first kappa shape index (κ1) is 12.6. The first-order valence-corrected chi connectivity index (χ1v) is 5.96. The van der Waals surface area contributed by atoms with Crippen LogP contribution < -0.4 is 5.32 Å². The van der Waals surface area contributed by atoms with Crippen molar-refractivity contribution in [2.75, 3.05) is 0 Å². The van der Waals surface area contributed by atoms with Crippen LogP contribution in [0.15, 0.2) is 18.6 Å². The fourth-order valence-electron chi connectivity index (χ4n) is 1.64. The Kier molecular flexibility index (Phi) is 3.66. The maximum absolute atomic E-state index is 11.8. The van der Waals surface area contributed by atoms with Crippen molar-refractivity contribution in [2.45, 2.75) is 20.0 Å². The molecule has 0 saturated heterocycles. The van der Waals surface area contributed by atoms with E-state index < -0.39 is 0 Å². The second kappa shape index (κ2) is 5.22. The predicted octanol–water partition coefficient (Wildman–Crippen LogP) is 1.22. The van der Waals surface area contributed by atoms with Crippen molar-refractivity contribution in [2.24, 2.45) is 7.05 Å². The standard InChI is InChI=1S/C11H14ClN5O/c1-3-17-10(9(12)5-15-17)6-13-11(18)8-4-14-16(2)7-8/h4-5,7H,3,6H2,1-2H3,(H,13,18). The van der Waals surface area contributed by atoms with Crippen molar-refractivity contribution in [1.82, 2.24) is 24.9 Å². The summed E-state index contributed by atoms with van der Waals surface area (Å²) in [6, 6.07) is 0. The Bertz CT molecular complexity index is 560. The monoisotopic (exact) mass is 267 g/mol. The Labute approximate surface area is 110 Å². The molecule has 0 saturated carbocycles. The second-order valence-electron chi connectivity index (χ2n) is 3.84. The molecular weight excluding hydrogens is 254 g/mol. The highest BCUT2D eigenvalue weighted by Crippen LogP contribution is 2.14. The molecule has 0 aromatic carbocycles. The van der Waals surface area contributed by atoms with Crippen molar-refractivity contribution in [3.63, 3.8) is 0 Å². The Balaban J connectivity index is 2.03. The maximum Gasteiger partial charge on any atom is 0.254 e.